The predicted octanol–water partition coefficient (Wildman–Crippen LogP) is 5.28. The van der Waals surface area contributed by atoms with Gasteiger partial charge in [0.05, 0.1) is 11.9 Å². The van der Waals surface area contributed by atoms with Crippen molar-refractivity contribution in [3.8, 4) is 0 Å². The molecule has 0 bridgehead atoms. The quantitative estimate of drug-likeness (QED) is 0.512. The summed E-state index contributed by atoms with van der Waals surface area (Å²) in [4.78, 5) is 2.41. The molecule has 3 heteroatoms. The van der Waals surface area contributed by atoms with E-state index in [1.807, 2.05) is 54.7 Å². The predicted molar refractivity (Wildman–Crippen MR) is 94.7 cm³/mol. The Labute approximate surface area is 134 Å². The van der Waals surface area contributed by atoms with Gasteiger partial charge >= 0.3 is 0 Å². The van der Waals surface area contributed by atoms with E-state index in [0.29, 0.717) is 0 Å². The first-order valence-electron chi connectivity index (χ1n) is 7.08. The second kappa shape index (κ2) is 7.48. The van der Waals surface area contributed by atoms with Crippen LogP contribution in [-0.4, -0.2) is 6.21 Å². The van der Waals surface area contributed by atoms with Gasteiger partial charge in [-0.3, -0.25) is 5.43 Å². The van der Waals surface area contributed by atoms with Crippen LogP contribution in [0.1, 0.15) is 5.56 Å². The van der Waals surface area contributed by atoms with Crippen molar-refractivity contribution >= 4 is 23.7 Å². The van der Waals surface area contributed by atoms with Crippen LogP contribution >= 0.6 is 11.8 Å². The minimum Gasteiger partial charge on any atom is -0.279 e. The van der Waals surface area contributed by atoms with Gasteiger partial charge in [0.2, 0.25) is 0 Å². The van der Waals surface area contributed by atoms with E-state index in [4.69, 9.17) is 0 Å². The maximum atomic E-state index is 4.33. The first-order chi connectivity index (χ1) is 10.9. The molecule has 3 aromatic rings. The summed E-state index contributed by atoms with van der Waals surface area (Å²) >= 11 is 1.74. The Balaban J connectivity index is 1.74. The van der Waals surface area contributed by atoms with Gasteiger partial charge in [-0.2, -0.15) is 5.10 Å². The molecule has 0 aliphatic carbocycles. The molecule has 0 saturated carbocycles. The molecule has 108 valence electrons. The molecule has 0 fully saturated rings. The summed E-state index contributed by atoms with van der Waals surface area (Å²) in [6.07, 6.45) is 1.86. The van der Waals surface area contributed by atoms with Gasteiger partial charge in [0.25, 0.3) is 0 Å². The molecule has 0 spiro atoms. The number of hydrogen-bond donors (Lipinski definition) is 1. The van der Waals surface area contributed by atoms with Crippen LogP contribution in [0.4, 0.5) is 5.69 Å². The van der Waals surface area contributed by atoms with Crippen LogP contribution in [0.3, 0.4) is 0 Å². The Bertz CT molecular complexity index is 740. The Morgan fingerprint density at radius 2 is 1.36 bits per heavy atom. The Morgan fingerprint density at radius 3 is 2.14 bits per heavy atom. The van der Waals surface area contributed by atoms with Crippen LogP contribution in [0.15, 0.2) is 99.8 Å². The van der Waals surface area contributed by atoms with E-state index in [0.717, 1.165) is 11.3 Å². The summed E-state index contributed by atoms with van der Waals surface area (Å²) in [7, 11) is 0. The van der Waals surface area contributed by atoms with Crippen molar-refractivity contribution in [2.24, 2.45) is 5.10 Å². The van der Waals surface area contributed by atoms with E-state index in [1.165, 1.54) is 9.79 Å². The van der Waals surface area contributed by atoms with E-state index in [2.05, 4.69) is 46.9 Å². The standard InChI is InChI=1S/C19H16N2S/c1-3-10-17(11-4-1)21-20-15-16-9-7-8-14-19(16)22-18-12-5-2-6-13-18/h1-15,21H. The Kier molecular flexibility index (Phi) is 4.90. The summed E-state index contributed by atoms with van der Waals surface area (Å²) in [5.41, 5.74) is 5.12. The zero-order chi connectivity index (χ0) is 15.0. The van der Waals surface area contributed by atoms with Crippen LogP contribution in [0.2, 0.25) is 0 Å². The molecule has 3 rings (SSSR count). The number of hydrogen-bond acceptors (Lipinski definition) is 3. The van der Waals surface area contributed by atoms with Gasteiger partial charge in [-0.1, -0.05) is 66.4 Å². The number of para-hydroxylation sites is 1. The first-order valence-corrected chi connectivity index (χ1v) is 7.89. The molecular formula is C19H16N2S. The second-order valence-electron chi connectivity index (χ2n) is 4.69. The third-order valence-electron chi connectivity index (χ3n) is 3.06. The lowest BCUT2D eigenvalue weighted by molar-refractivity contribution is 1.33. The van der Waals surface area contributed by atoms with Crippen LogP contribution in [0, 0.1) is 0 Å². The fourth-order valence-corrected chi connectivity index (χ4v) is 2.92. The Morgan fingerprint density at radius 1 is 0.727 bits per heavy atom. The summed E-state index contributed by atoms with van der Waals surface area (Å²) in [6.45, 7) is 0. The molecule has 0 heterocycles. The first kappa shape index (κ1) is 14.4. The summed E-state index contributed by atoms with van der Waals surface area (Å²) in [6, 6.07) is 28.5. The van der Waals surface area contributed by atoms with E-state index in [9.17, 15) is 0 Å². The molecule has 2 nitrogen and oxygen atoms in total. The van der Waals surface area contributed by atoms with Gasteiger partial charge in [0.15, 0.2) is 0 Å². The highest BCUT2D eigenvalue weighted by Crippen LogP contribution is 2.29. The van der Waals surface area contributed by atoms with Crippen LogP contribution < -0.4 is 5.43 Å². The van der Waals surface area contributed by atoms with Crippen molar-refractivity contribution in [2.75, 3.05) is 5.43 Å². The van der Waals surface area contributed by atoms with Crippen molar-refractivity contribution in [3.63, 3.8) is 0 Å². The molecule has 22 heavy (non-hydrogen) atoms. The van der Waals surface area contributed by atoms with Crippen LogP contribution in [0.5, 0.6) is 0 Å². The lowest BCUT2D eigenvalue weighted by Gasteiger charge is -2.05. The number of nitrogens with one attached hydrogen (secondary N) is 1. The number of nitrogens with zero attached hydrogens (tertiary/aromatic N) is 1. The van der Waals surface area contributed by atoms with Gasteiger partial charge in [-0.25, -0.2) is 0 Å². The number of anilines is 1. The third-order valence-corrected chi connectivity index (χ3v) is 4.16. The van der Waals surface area contributed by atoms with Crippen molar-refractivity contribution in [3.05, 3.63) is 90.5 Å². The zero-order valence-corrected chi connectivity index (χ0v) is 12.8. The highest BCUT2D eigenvalue weighted by molar-refractivity contribution is 7.99. The Hall–Kier alpha value is -2.52. The van der Waals surface area contributed by atoms with Crippen molar-refractivity contribution in [1.29, 1.82) is 0 Å². The maximum absolute atomic E-state index is 4.33. The molecule has 0 radical (unpaired) electrons. The fraction of sp³-hybridized carbons (Fsp3) is 0. The van der Waals surface area contributed by atoms with Gasteiger partial charge in [0, 0.05) is 15.4 Å². The van der Waals surface area contributed by atoms with Crippen LogP contribution in [-0.2, 0) is 0 Å². The maximum Gasteiger partial charge on any atom is 0.0561 e. The number of benzene rings is 3. The lowest BCUT2D eigenvalue weighted by atomic mass is 10.2. The van der Waals surface area contributed by atoms with Crippen molar-refractivity contribution in [1.82, 2.24) is 0 Å². The number of hydrazone groups is 1. The lowest BCUT2D eigenvalue weighted by Crippen LogP contribution is -1.91. The molecule has 0 saturated heterocycles. The smallest absolute Gasteiger partial charge is 0.0561 e. The van der Waals surface area contributed by atoms with Crippen molar-refractivity contribution in [2.45, 2.75) is 9.79 Å². The average molecular weight is 304 g/mol. The average Bonchev–Trinajstić information content (AvgIpc) is 2.58. The molecule has 0 aliphatic rings. The largest absolute Gasteiger partial charge is 0.279 e. The highest BCUT2D eigenvalue weighted by atomic mass is 32.2. The van der Waals surface area contributed by atoms with Gasteiger partial charge in [-0.05, 0) is 30.3 Å². The van der Waals surface area contributed by atoms with Gasteiger partial charge in [0.1, 0.15) is 0 Å². The van der Waals surface area contributed by atoms with E-state index in [-0.39, 0.29) is 0 Å². The molecule has 0 aliphatic heterocycles. The van der Waals surface area contributed by atoms with E-state index in [1.54, 1.807) is 11.8 Å². The van der Waals surface area contributed by atoms with Gasteiger partial charge in [-0.15, -0.1) is 0 Å². The van der Waals surface area contributed by atoms with E-state index < -0.39 is 0 Å². The molecule has 0 unspecified atom stereocenters. The van der Waals surface area contributed by atoms with Crippen molar-refractivity contribution < 1.29 is 0 Å². The normalized spacial score (nSPS) is 10.7. The van der Waals surface area contributed by atoms with E-state index >= 15 is 0 Å². The highest BCUT2D eigenvalue weighted by Gasteiger charge is 2.01. The fourth-order valence-electron chi connectivity index (χ4n) is 1.98. The van der Waals surface area contributed by atoms with Crippen LogP contribution in [0.25, 0.3) is 0 Å². The third kappa shape index (κ3) is 3.99. The summed E-state index contributed by atoms with van der Waals surface area (Å²) in [5, 5.41) is 4.33. The summed E-state index contributed by atoms with van der Waals surface area (Å²) < 4.78 is 0. The molecular weight excluding hydrogens is 288 g/mol. The topological polar surface area (TPSA) is 24.4 Å². The summed E-state index contributed by atoms with van der Waals surface area (Å²) in [5.74, 6) is 0. The molecule has 1 N–H and O–H groups in total. The molecule has 0 aromatic heterocycles. The molecule has 0 atom stereocenters. The molecule has 0 amide bonds. The minimum absolute atomic E-state index is 0.979. The second-order valence-corrected chi connectivity index (χ2v) is 5.80. The monoisotopic (exact) mass is 304 g/mol. The SMILES string of the molecule is C(=NNc1ccccc1)c1ccccc1Sc1ccccc1. The zero-order valence-electron chi connectivity index (χ0n) is 12.0. The van der Waals surface area contributed by atoms with Gasteiger partial charge < -0.3 is 0 Å². The number of rotatable bonds is 5. The minimum atomic E-state index is 0.979. The molecule has 3 aromatic carbocycles.